The molecule has 2 atom stereocenters. The van der Waals surface area contributed by atoms with E-state index in [1.165, 1.54) is 28.2 Å². The number of carboxylic acids is 1. The van der Waals surface area contributed by atoms with Crippen molar-refractivity contribution in [1.29, 1.82) is 0 Å². The summed E-state index contributed by atoms with van der Waals surface area (Å²) in [6.45, 7) is 0.549. The van der Waals surface area contributed by atoms with Crippen LogP contribution in [0, 0.1) is 0 Å². The van der Waals surface area contributed by atoms with Crippen LogP contribution in [0.15, 0.2) is 21.6 Å². The molecule has 1 saturated heterocycles. The fourth-order valence-corrected chi connectivity index (χ4v) is 6.29. The zero-order valence-electron chi connectivity index (χ0n) is 19.6. The highest BCUT2D eigenvalue weighted by molar-refractivity contribution is 8.01. The number of aliphatic hydroxyl groups excluding tert-OH is 1. The normalized spacial score (nSPS) is 19.3. The maximum Gasteiger partial charge on any atom is 0.352 e. The number of amides is 2. The van der Waals surface area contributed by atoms with Gasteiger partial charge in [0.05, 0.1) is 13.2 Å². The van der Waals surface area contributed by atoms with E-state index in [4.69, 9.17) is 21.4 Å². The van der Waals surface area contributed by atoms with Gasteiger partial charge in [0.25, 0.3) is 11.8 Å². The molecule has 7 N–H and O–H groups in total. The van der Waals surface area contributed by atoms with Crippen molar-refractivity contribution in [2.45, 2.75) is 29.5 Å². The Morgan fingerprint density at radius 3 is 2.87 bits per heavy atom. The first kappa shape index (κ1) is 27.7. The quantitative estimate of drug-likeness (QED) is 0.0545. The fraction of sp³-hybridized carbons (Fsp3) is 0.500. The second-order valence-electron chi connectivity index (χ2n) is 7.69. The lowest BCUT2D eigenvalue weighted by Crippen LogP contribution is -2.71. The van der Waals surface area contributed by atoms with Crippen LogP contribution in [0.1, 0.15) is 12.2 Å². The molecular formula is C18H23N11O6S3. The Bertz CT molecular complexity index is 1260. The zero-order chi connectivity index (χ0) is 27.2. The molecule has 0 bridgehead atoms. The number of rotatable bonds is 13. The number of carbonyl (C=O) groups excluding carboxylic acids is 2. The van der Waals surface area contributed by atoms with Gasteiger partial charge in [-0.3, -0.25) is 14.5 Å². The molecule has 0 spiro atoms. The summed E-state index contributed by atoms with van der Waals surface area (Å²) in [5.41, 5.74) is 11.1. The van der Waals surface area contributed by atoms with Crippen LogP contribution in [0.2, 0.25) is 0 Å². The summed E-state index contributed by atoms with van der Waals surface area (Å²) < 4.78 is 5.38. The van der Waals surface area contributed by atoms with Crippen LogP contribution in [0.3, 0.4) is 0 Å². The van der Waals surface area contributed by atoms with Crippen molar-refractivity contribution in [3.8, 4) is 0 Å². The third-order valence-corrected chi connectivity index (χ3v) is 8.11. The average Bonchev–Trinajstić information content (AvgIpc) is 3.53. The molecule has 4 heterocycles. The number of fused-ring (bicyclic) bond motifs is 1. The zero-order valence-corrected chi connectivity index (χ0v) is 22.0. The summed E-state index contributed by atoms with van der Waals surface area (Å²) in [6.07, 6.45) is 0.501. The molecule has 2 aromatic rings. The van der Waals surface area contributed by atoms with Crippen molar-refractivity contribution in [3.05, 3.63) is 17.1 Å². The van der Waals surface area contributed by atoms with Gasteiger partial charge in [-0.2, -0.15) is 9.36 Å². The number of carbonyl (C=O) groups is 3. The molecule has 38 heavy (non-hydrogen) atoms. The number of β-lactam (4-membered cyclic amide) rings is 1. The number of aliphatic carboxylic acids is 1. The molecule has 0 radical (unpaired) electrons. The molecule has 0 aromatic carbocycles. The summed E-state index contributed by atoms with van der Waals surface area (Å²) in [5, 5.41) is 36.5. The van der Waals surface area contributed by atoms with E-state index in [2.05, 4.69) is 35.4 Å². The topological polar surface area (TPSA) is 250 Å². The predicted molar refractivity (Wildman–Crippen MR) is 136 cm³/mol. The van der Waals surface area contributed by atoms with Gasteiger partial charge in [-0.05, 0) is 29.0 Å². The van der Waals surface area contributed by atoms with Crippen LogP contribution < -0.4 is 16.8 Å². The Hall–Kier alpha value is -3.33. The number of thioether (sulfide) groups is 2. The molecule has 1 fully saturated rings. The number of tetrazole rings is 1. The van der Waals surface area contributed by atoms with Gasteiger partial charge >= 0.3 is 5.97 Å². The Balaban J connectivity index is 1.47. The maximum absolute atomic E-state index is 13.0. The minimum atomic E-state index is -1.27. The van der Waals surface area contributed by atoms with Crippen molar-refractivity contribution in [2.75, 3.05) is 37.0 Å². The van der Waals surface area contributed by atoms with E-state index in [0.717, 1.165) is 16.4 Å². The number of oxime groups is 1. The molecule has 4 rings (SSSR count). The number of nitrogens with two attached hydrogens (primary N) is 2. The third-order valence-electron chi connectivity index (χ3n) is 5.19. The van der Waals surface area contributed by atoms with Crippen molar-refractivity contribution in [2.24, 2.45) is 10.9 Å². The van der Waals surface area contributed by atoms with Crippen molar-refractivity contribution < 1.29 is 29.4 Å². The number of carboxylic acid groups (broad SMARTS) is 1. The Kier molecular flexibility index (Phi) is 9.09. The van der Waals surface area contributed by atoms with Crippen molar-refractivity contribution in [3.63, 3.8) is 0 Å². The number of nitrogen functional groups attached to an aromatic ring is 1. The van der Waals surface area contributed by atoms with Gasteiger partial charge in [0.1, 0.15) is 23.7 Å². The SMILES string of the molecule is NCCCO/N=C(/C(=O)NC1C(=O)N2C(C(=O)O)=C(CSc3nnnn3CCO)CS[C@H]12)c1nsc(N)n1. The van der Waals surface area contributed by atoms with Crippen molar-refractivity contribution in [1.82, 2.24) is 39.8 Å². The average molecular weight is 586 g/mol. The number of aromatic nitrogens is 6. The van der Waals surface area contributed by atoms with Crippen LogP contribution in [0.4, 0.5) is 5.13 Å². The van der Waals surface area contributed by atoms with E-state index in [9.17, 15) is 19.5 Å². The third kappa shape index (κ3) is 5.88. The second-order valence-corrected chi connectivity index (χ2v) is 10.5. The number of hydrogen-bond acceptors (Lipinski definition) is 16. The summed E-state index contributed by atoms with van der Waals surface area (Å²) in [6, 6.07) is -1.00. The Labute approximate surface area is 227 Å². The lowest BCUT2D eigenvalue weighted by Gasteiger charge is -2.49. The number of aliphatic hydroxyl groups is 1. The number of nitrogens with zero attached hydrogens (tertiary/aromatic N) is 8. The maximum atomic E-state index is 13.0. The molecule has 20 heteroatoms. The van der Waals surface area contributed by atoms with Gasteiger partial charge in [0.2, 0.25) is 16.7 Å². The van der Waals surface area contributed by atoms with Gasteiger partial charge in [-0.1, -0.05) is 16.9 Å². The lowest BCUT2D eigenvalue weighted by molar-refractivity contribution is -0.150. The molecule has 0 aliphatic carbocycles. The molecule has 2 aliphatic rings. The molecule has 204 valence electrons. The molecule has 17 nitrogen and oxygen atoms in total. The fourth-order valence-electron chi connectivity index (χ4n) is 3.46. The predicted octanol–water partition coefficient (Wildman–Crippen LogP) is -2.30. The second kappa shape index (κ2) is 12.5. The van der Waals surface area contributed by atoms with E-state index in [1.807, 2.05) is 0 Å². The van der Waals surface area contributed by atoms with Crippen LogP contribution >= 0.6 is 35.1 Å². The smallest absolute Gasteiger partial charge is 0.352 e. The Morgan fingerprint density at radius 1 is 1.37 bits per heavy atom. The molecule has 1 unspecified atom stereocenters. The van der Waals surface area contributed by atoms with Gasteiger partial charge < -0.3 is 31.8 Å². The summed E-state index contributed by atoms with van der Waals surface area (Å²) in [7, 11) is 0. The summed E-state index contributed by atoms with van der Waals surface area (Å²) >= 11 is 3.36. The molecule has 2 aromatic heterocycles. The van der Waals surface area contributed by atoms with E-state index < -0.39 is 29.2 Å². The monoisotopic (exact) mass is 585 g/mol. The van der Waals surface area contributed by atoms with Gasteiger partial charge in [0, 0.05) is 23.0 Å². The molecule has 2 aliphatic heterocycles. The van der Waals surface area contributed by atoms with E-state index >= 15 is 0 Å². The molecular weight excluding hydrogens is 562 g/mol. The summed E-state index contributed by atoms with van der Waals surface area (Å²) in [4.78, 5) is 48.4. The number of anilines is 1. The largest absolute Gasteiger partial charge is 0.477 e. The van der Waals surface area contributed by atoms with Gasteiger partial charge in [-0.25, -0.2) is 9.48 Å². The highest BCUT2D eigenvalue weighted by Gasteiger charge is 2.54. The lowest BCUT2D eigenvalue weighted by atomic mass is 10.0. The van der Waals surface area contributed by atoms with Crippen LogP contribution in [0.5, 0.6) is 0 Å². The van der Waals surface area contributed by atoms with E-state index in [0.29, 0.717) is 29.4 Å². The summed E-state index contributed by atoms with van der Waals surface area (Å²) in [5.74, 6) is -2.18. The minimum Gasteiger partial charge on any atom is -0.477 e. The van der Waals surface area contributed by atoms with Gasteiger partial charge in [0.15, 0.2) is 5.13 Å². The number of hydrogen-bond donors (Lipinski definition) is 5. The van der Waals surface area contributed by atoms with E-state index in [-0.39, 0.29) is 47.9 Å². The van der Waals surface area contributed by atoms with Crippen molar-refractivity contribution >= 4 is 63.7 Å². The van der Waals surface area contributed by atoms with Gasteiger partial charge in [-0.15, -0.1) is 16.9 Å². The minimum absolute atomic E-state index is 0.0633. The highest BCUT2D eigenvalue weighted by atomic mass is 32.2. The first-order valence-corrected chi connectivity index (χ1v) is 13.9. The standard InChI is InChI=1S/C18H23N11O6S3/c19-2-1-5-35-24-9(12-22-17(20)38-25-12)13(31)21-10-14(32)29-11(16(33)34)8(6-36-15(10)29)7-37-18-23-26-27-28(18)3-4-30/h10,15,30H,1-7,19H2,(H,21,31)(H,33,34)(H2,20,22,25)/b24-9+/t10?,15-/m1/s1. The van der Waals surface area contributed by atoms with E-state index in [1.54, 1.807) is 0 Å². The van der Waals surface area contributed by atoms with Crippen LogP contribution in [0.25, 0.3) is 0 Å². The Morgan fingerprint density at radius 2 is 2.18 bits per heavy atom. The van der Waals surface area contributed by atoms with Crippen LogP contribution in [-0.2, 0) is 25.8 Å². The molecule has 0 saturated carbocycles. The first-order valence-electron chi connectivity index (χ1n) is 11.1. The number of nitrogens with one attached hydrogen (secondary N) is 1. The molecule has 2 amide bonds. The highest BCUT2D eigenvalue weighted by Crippen LogP contribution is 2.41. The van der Waals surface area contributed by atoms with Crippen LogP contribution in [-0.4, -0.2) is 111 Å². The first-order chi connectivity index (χ1) is 18.3.